The summed E-state index contributed by atoms with van der Waals surface area (Å²) in [7, 11) is 0. The van der Waals surface area contributed by atoms with Crippen LogP contribution in [0.15, 0.2) is 34.8 Å². The number of H-pyrrole nitrogens is 1. The predicted octanol–water partition coefficient (Wildman–Crippen LogP) is 5.50. The van der Waals surface area contributed by atoms with E-state index in [0.29, 0.717) is 8.34 Å². The predicted molar refractivity (Wildman–Crippen MR) is 93.6 cm³/mol. The van der Waals surface area contributed by atoms with Crippen LogP contribution in [0, 0.1) is 21.1 Å². The van der Waals surface area contributed by atoms with Crippen molar-refractivity contribution in [3.63, 3.8) is 0 Å². The number of halogens is 3. The lowest BCUT2D eigenvalue weighted by molar-refractivity contribution is 0.622. The van der Waals surface area contributed by atoms with Crippen LogP contribution in [0.4, 0.5) is 4.39 Å². The number of hydrogen-bond donors (Lipinski definition) is 1. The molecule has 2 nitrogen and oxygen atoms in total. The van der Waals surface area contributed by atoms with Crippen molar-refractivity contribution in [3.8, 4) is 5.69 Å². The topological polar surface area (TPSA) is 20.7 Å². The molecule has 1 N–H and O–H groups in total. The van der Waals surface area contributed by atoms with Crippen molar-refractivity contribution in [2.45, 2.75) is 6.92 Å². The van der Waals surface area contributed by atoms with Crippen LogP contribution in [-0.4, -0.2) is 9.55 Å². The number of aromatic nitrogens is 2. The SMILES string of the molecule is Cc1cc(Br)ccc1-n1c(=S)[nH]c2cc(I)c(F)cc21. The number of imidazole rings is 1. The van der Waals surface area contributed by atoms with Gasteiger partial charge in [0.05, 0.1) is 20.3 Å². The van der Waals surface area contributed by atoms with Crippen molar-refractivity contribution in [3.05, 3.63) is 54.5 Å². The fourth-order valence-electron chi connectivity index (χ4n) is 2.21. The van der Waals surface area contributed by atoms with Crippen LogP contribution < -0.4 is 0 Å². The maximum atomic E-state index is 13.8. The Morgan fingerprint density at radius 2 is 2.05 bits per heavy atom. The van der Waals surface area contributed by atoms with Crippen LogP contribution in [0.1, 0.15) is 5.56 Å². The molecule has 0 fully saturated rings. The van der Waals surface area contributed by atoms with Crippen molar-refractivity contribution in [2.75, 3.05) is 0 Å². The van der Waals surface area contributed by atoms with E-state index in [1.54, 1.807) is 6.07 Å². The highest BCUT2D eigenvalue weighted by Gasteiger charge is 2.11. The van der Waals surface area contributed by atoms with Crippen molar-refractivity contribution in [1.82, 2.24) is 9.55 Å². The van der Waals surface area contributed by atoms with Crippen LogP contribution in [0.2, 0.25) is 0 Å². The van der Waals surface area contributed by atoms with E-state index in [2.05, 4.69) is 20.9 Å². The lowest BCUT2D eigenvalue weighted by atomic mass is 10.2. The van der Waals surface area contributed by atoms with Crippen molar-refractivity contribution < 1.29 is 4.39 Å². The van der Waals surface area contributed by atoms with Gasteiger partial charge in [-0.15, -0.1) is 0 Å². The monoisotopic (exact) mass is 462 g/mol. The van der Waals surface area contributed by atoms with E-state index in [-0.39, 0.29) is 5.82 Å². The molecule has 0 saturated carbocycles. The average molecular weight is 463 g/mol. The number of benzene rings is 2. The molecule has 20 heavy (non-hydrogen) atoms. The Morgan fingerprint density at radius 1 is 1.30 bits per heavy atom. The van der Waals surface area contributed by atoms with Gasteiger partial charge in [-0.3, -0.25) is 4.57 Å². The summed E-state index contributed by atoms with van der Waals surface area (Å²) in [6, 6.07) is 9.22. The Hall–Kier alpha value is -0.730. The van der Waals surface area contributed by atoms with Gasteiger partial charge < -0.3 is 4.98 Å². The molecule has 0 amide bonds. The Balaban J connectivity index is 2.39. The molecule has 0 unspecified atom stereocenters. The first kappa shape index (κ1) is 14.2. The standard InChI is InChI=1S/C14H9BrFIN2S/c1-7-4-8(15)2-3-12(7)19-13-5-9(16)10(17)6-11(13)18-14(19)20/h2-6H,1H3,(H,18,20). The Bertz CT molecular complexity index is 885. The zero-order valence-corrected chi connectivity index (χ0v) is 14.9. The molecule has 6 heteroatoms. The molecule has 102 valence electrons. The molecule has 2 aromatic carbocycles. The molecular weight excluding hydrogens is 454 g/mol. The zero-order valence-electron chi connectivity index (χ0n) is 10.4. The minimum atomic E-state index is -0.240. The first-order valence-electron chi connectivity index (χ1n) is 5.83. The van der Waals surface area contributed by atoms with Gasteiger partial charge in [0.2, 0.25) is 0 Å². The summed E-state index contributed by atoms with van der Waals surface area (Å²) >= 11 is 10.8. The van der Waals surface area contributed by atoms with E-state index in [9.17, 15) is 4.39 Å². The van der Waals surface area contributed by atoms with Gasteiger partial charge in [-0.2, -0.15) is 0 Å². The number of aryl methyl sites for hydroxylation is 1. The number of hydrogen-bond acceptors (Lipinski definition) is 1. The minimum absolute atomic E-state index is 0.240. The van der Waals surface area contributed by atoms with Gasteiger partial charge in [0.15, 0.2) is 4.77 Å². The molecule has 0 radical (unpaired) electrons. The summed E-state index contributed by atoms with van der Waals surface area (Å²) in [5, 5.41) is 0. The molecule has 0 aliphatic carbocycles. The highest BCUT2D eigenvalue weighted by Crippen LogP contribution is 2.26. The third-order valence-electron chi connectivity index (χ3n) is 3.12. The quantitative estimate of drug-likeness (QED) is 0.374. The second-order valence-corrected chi connectivity index (χ2v) is 6.94. The van der Waals surface area contributed by atoms with Crippen molar-refractivity contribution in [2.24, 2.45) is 0 Å². The lowest BCUT2D eigenvalue weighted by Crippen LogP contribution is -1.97. The molecule has 1 heterocycles. The van der Waals surface area contributed by atoms with Crippen LogP contribution in [0.25, 0.3) is 16.7 Å². The fraction of sp³-hybridized carbons (Fsp3) is 0.0714. The molecule has 0 spiro atoms. The lowest BCUT2D eigenvalue weighted by Gasteiger charge is -2.09. The van der Waals surface area contributed by atoms with E-state index >= 15 is 0 Å². The molecular formula is C14H9BrFIN2S. The first-order chi connectivity index (χ1) is 9.47. The number of aromatic amines is 1. The summed E-state index contributed by atoms with van der Waals surface area (Å²) in [6.45, 7) is 2.00. The van der Waals surface area contributed by atoms with Gasteiger partial charge in [0.25, 0.3) is 0 Å². The Morgan fingerprint density at radius 3 is 2.75 bits per heavy atom. The van der Waals surface area contributed by atoms with Crippen LogP contribution >= 0.6 is 50.7 Å². The maximum Gasteiger partial charge on any atom is 0.182 e. The van der Waals surface area contributed by atoms with E-state index in [4.69, 9.17) is 12.2 Å². The Labute approximate surface area is 142 Å². The summed E-state index contributed by atoms with van der Waals surface area (Å²) in [6.07, 6.45) is 0. The fourth-order valence-corrected chi connectivity index (χ4v) is 3.46. The van der Waals surface area contributed by atoms with Gasteiger partial charge in [0.1, 0.15) is 5.82 Å². The summed E-state index contributed by atoms with van der Waals surface area (Å²) in [5.74, 6) is -0.240. The molecule has 1 aromatic heterocycles. The van der Waals surface area contributed by atoms with Crippen molar-refractivity contribution in [1.29, 1.82) is 0 Å². The zero-order chi connectivity index (χ0) is 14.4. The normalized spacial score (nSPS) is 11.2. The molecule has 0 atom stereocenters. The highest BCUT2D eigenvalue weighted by molar-refractivity contribution is 14.1. The van der Waals surface area contributed by atoms with E-state index < -0.39 is 0 Å². The molecule has 3 rings (SSSR count). The summed E-state index contributed by atoms with van der Waals surface area (Å²) < 4.78 is 17.9. The van der Waals surface area contributed by atoms with Gasteiger partial charge in [0, 0.05) is 10.5 Å². The van der Waals surface area contributed by atoms with Crippen molar-refractivity contribution >= 4 is 61.8 Å². The second kappa shape index (κ2) is 5.23. The average Bonchev–Trinajstić information content (AvgIpc) is 2.66. The highest BCUT2D eigenvalue weighted by atomic mass is 127. The number of nitrogens with zero attached hydrogens (tertiary/aromatic N) is 1. The van der Waals surface area contributed by atoms with Gasteiger partial charge in [-0.05, 0) is 71.6 Å². The largest absolute Gasteiger partial charge is 0.330 e. The molecule has 0 bridgehead atoms. The number of nitrogens with one attached hydrogen (secondary N) is 1. The summed E-state index contributed by atoms with van der Waals surface area (Å²) in [4.78, 5) is 3.13. The van der Waals surface area contributed by atoms with E-state index in [1.165, 1.54) is 6.07 Å². The third-order valence-corrected chi connectivity index (χ3v) is 4.73. The maximum absolute atomic E-state index is 13.8. The van der Waals surface area contributed by atoms with Crippen LogP contribution in [0.3, 0.4) is 0 Å². The summed E-state index contributed by atoms with van der Waals surface area (Å²) in [5.41, 5.74) is 3.60. The van der Waals surface area contributed by atoms with E-state index in [0.717, 1.165) is 26.8 Å². The van der Waals surface area contributed by atoms with Crippen LogP contribution in [-0.2, 0) is 0 Å². The molecule has 0 aliphatic rings. The molecule has 0 saturated heterocycles. The first-order valence-corrected chi connectivity index (χ1v) is 8.11. The second-order valence-electron chi connectivity index (χ2n) is 4.48. The van der Waals surface area contributed by atoms with Crippen LogP contribution in [0.5, 0.6) is 0 Å². The number of fused-ring (bicyclic) bond motifs is 1. The Kier molecular flexibility index (Phi) is 3.72. The van der Waals surface area contributed by atoms with Gasteiger partial charge >= 0.3 is 0 Å². The minimum Gasteiger partial charge on any atom is -0.330 e. The van der Waals surface area contributed by atoms with Gasteiger partial charge in [-0.1, -0.05) is 15.9 Å². The van der Waals surface area contributed by atoms with E-state index in [1.807, 2.05) is 52.3 Å². The molecule has 3 aromatic rings. The smallest absolute Gasteiger partial charge is 0.182 e. The van der Waals surface area contributed by atoms with Gasteiger partial charge in [-0.25, -0.2) is 4.39 Å². The molecule has 0 aliphatic heterocycles. The number of rotatable bonds is 1. The third kappa shape index (κ3) is 2.33.